The first-order chi connectivity index (χ1) is 9.22. The topological polar surface area (TPSA) is 64.2 Å². The van der Waals surface area contributed by atoms with Crippen molar-refractivity contribution in [3.63, 3.8) is 0 Å². The van der Waals surface area contributed by atoms with Crippen molar-refractivity contribution >= 4 is 30.7 Å². The molecular formula is C15H28Cl2N4O. The van der Waals surface area contributed by atoms with Crippen molar-refractivity contribution in [1.82, 2.24) is 14.7 Å². The summed E-state index contributed by atoms with van der Waals surface area (Å²) in [6.07, 6.45) is 0.864. The fourth-order valence-electron chi connectivity index (χ4n) is 2.97. The Labute approximate surface area is 145 Å². The van der Waals surface area contributed by atoms with Gasteiger partial charge in [-0.3, -0.25) is 9.48 Å². The Hall–Kier alpha value is -0.780. The number of likely N-dealkylation sites (tertiary alicyclic amines) is 1. The Morgan fingerprint density at radius 1 is 1.41 bits per heavy atom. The van der Waals surface area contributed by atoms with E-state index in [1.807, 2.05) is 36.4 Å². The average molecular weight is 351 g/mol. The summed E-state index contributed by atoms with van der Waals surface area (Å²) in [7, 11) is 0. The van der Waals surface area contributed by atoms with Gasteiger partial charge in [-0.05, 0) is 38.7 Å². The van der Waals surface area contributed by atoms with E-state index in [1.165, 1.54) is 0 Å². The van der Waals surface area contributed by atoms with Crippen molar-refractivity contribution < 1.29 is 4.79 Å². The van der Waals surface area contributed by atoms with E-state index in [2.05, 4.69) is 18.9 Å². The van der Waals surface area contributed by atoms with Crippen LogP contribution in [0, 0.1) is 19.3 Å². The minimum absolute atomic E-state index is 0. The Kier molecular flexibility index (Phi) is 7.39. The van der Waals surface area contributed by atoms with Crippen molar-refractivity contribution in [2.24, 2.45) is 11.1 Å². The zero-order chi connectivity index (χ0) is 15.1. The van der Waals surface area contributed by atoms with Crippen LogP contribution in [0.25, 0.3) is 0 Å². The summed E-state index contributed by atoms with van der Waals surface area (Å²) in [4.78, 5) is 14.6. The predicted molar refractivity (Wildman–Crippen MR) is 93.9 cm³/mol. The summed E-state index contributed by atoms with van der Waals surface area (Å²) in [5.41, 5.74) is 8.08. The van der Waals surface area contributed by atoms with Crippen LogP contribution >= 0.6 is 24.8 Å². The number of halogens is 2. The monoisotopic (exact) mass is 350 g/mol. The van der Waals surface area contributed by atoms with Gasteiger partial charge < -0.3 is 10.6 Å². The molecule has 1 saturated heterocycles. The van der Waals surface area contributed by atoms with E-state index in [4.69, 9.17) is 5.73 Å². The number of amides is 1. The fraction of sp³-hybridized carbons (Fsp3) is 0.733. The second-order valence-electron chi connectivity index (χ2n) is 6.69. The van der Waals surface area contributed by atoms with Gasteiger partial charge >= 0.3 is 0 Å². The van der Waals surface area contributed by atoms with Gasteiger partial charge in [-0.15, -0.1) is 24.8 Å². The zero-order valence-electron chi connectivity index (χ0n) is 14.0. The second kappa shape index (κ2) is 7.66. The molecule has 0 saturated carbocycles. The number of aromatic nitrogens is 2. The highest BCUT2D eigenvalue weighted by Gasteiger charge is 2.37. The van der Waals surface area contributed by atoms with Crippen molar-refractivity contribution in [2.45, 2.75) is 53.1 Å². The van der Waals surface area contributed by atoms with Gasteiger partial charge in [0.2, 0.25) is 5.91 Å². The van der Waals surface area contributed by atoms with E-state index in [0.717, 1.165) is 30.9 Å². The Morgan fingerprint density at radius 2 is 2.00 bits per heavy atom. The zero-order valence-corrected chi connectivity index (χ0v) is 15.6. The Balaban J connectivity index is 0.00000220. The number of aryl methyl sites for hydroxylation is 2. The maximum atomic E-state index is 12.7. The first-order valence-electron chi connectivity index (χ1n) is 7.29. The minimum atomic E-state index is -0.256. The molecule has 2 atom stereocenters. The molecule has 22 heavy (non-hydrogen) atoms. The van der Waals surface area contributed by atoms with E-state index in [-0.39, 0.29) is 48.2 Å². The molecule has 0 bridgehead atoms. The molecule has 2 heterocycles. The van der Waals surface area contributed by atoms with Gasteiger partial charge in [0.15, 0.2) is 0 Å². The van der Waals surface area contributed by atoms with Crippen LogP contribution in [0.5, 0.6) is 0 Å². The maximum absolute atomic E-state index is 12.7. The number of piperidine rings is 1. The van der Waals surface area contributed by atoms with Crippen LogP contribution in [0.15, 0.2) is 6.07 Å². The molecule has 0 aromatic carbocycles. The number of carbonyl (C=O) groups excluding carboxylic acids is 1. The van der Waals surface area contributed by atoms with Crippen molar-refractivity contribution in [3.05, 3.63) is 17.5 Å². The van der Waals surface area contributed by atoms with Crippen molar-refractivity contribution in [3.8, 4) is 0 Å². The lowest BCUT2D eigenvalue weighted by Crippen LogP contribution is -2.55. The molecule has 2 N–H and O–H groups in total. The molecule has 1 aromatic rings. The number of nitrogens with zero attached hydrogens (tertiary/aromatic N) is 3. The predicted octanol–water partition coefficient (Wildman–Crippen LogP) is 2.49. The number of hydrogen-bond acceptors (Lipinski definition) is 3. The molecular weight excluding hydrogens is 323 g/mol. The largest absolute Gasteiger partial charge is 0.340 e. The summed E-state index contributed by atoms with van der Waals surface area (Å²) >= 11 is 0. The molecule has 1 aliphatic heterocycles. The molecule has 5 nitrogen and oxygen atoms in total. The van der Waals surface area contributed by atoms with Gasteiger partial charge in [-0.25, -0.2) is 0 Å². The van der Waals surface area contributed by atoms with Gasteiger partial charge in [-0.1, -0.05) is 13.8 Å². The summed E-state index contributed by atoms with van der Waals surface area (Å²) < 4.78 is 1.82. The highest BCUT2D eigenvalue weighted by atomic mass is 35.5. The summed E-state index contributed by atoms with van der Waals surface area (Å²) in [6.45, 7) is 11.6. The molecule has 0 spiro atoms. The normalized spacial score (nSPS) is 21.5. The number of nitrogens with two attached hydrogens (primary N) is 1. The fourth-order valence-corrected chi connectivity index (χ4v) is 2.97. The third kappa shape index (κ3) is 4.15. The first kappa shape index (κ1) is 21.2. The quantitative estimate of drug-likeness (QED) is 0.890. The average Bonchev–Trinajstić information content (AvgIpc) is 2.70. The highest BCUT2D eigenvalue weighted by Crippen LogP contribution is 2.29. The lowest BCUT2D eigenvalue weighted by atomic mass is 9.79. The standard InChI is InChI=1S/C15H26N4O.2ClH/c1-10-8-11(2)19(17-10)12(3)14(20)18-7-6-13(16)15(4,5)9-18;;/h8,12-13H,6-7,9,16H2,1-5H3;2*1H. The second-order valence-corrected chi connectivity index (χ2v) is 6.69. The van der Waals surface area contributed by atoms with Crippen LogP contribution in [0.1, 0.15) is 44.6 Å². The molecule has 1 aliphatic rings. The lowest BCUT2D eigenvalue weighted by molar-refractivity contribution is -0.138. The smallest absolute Gasteiger partial charge is 0.247 e. The van der Waals surface area contributed by atoms with Gasteiger partial charge in [0.05, 0.1) is 5.69 Å². The van der Waals surface area contributed by atoms with E-state index in [1.54, 1.807) is 0 Å². The molecule has 1 fully saturated rings. The lowest BCUT2D eigenvalue weighted by Gasteiger charge is -2.43. The Bertz CT molecular complexity index is 516. The third-order valence-electron chi connectivity index (χ3n) is 4.39. The maximum Gasteiger partial charge on any atom is 0.247 e. The molecule has 2 unspecified atom stereocenters. The van der Waals surface area contributed by atoms with Crippen LogP contribution in [0.3, 0.4) is 0 Å². The van der Waals surface area contributed by atoms with Gasteiger partial charge in [0.1, 0.15) is 6.04 Å². The van der Waals surface area contributed by atoms with Crippen molar-refractivity contribution in [1.29, 1.82) is 0 Å². The summed E-state index contributed by atoms with van der Waals surface area (Å²) in [5.74, 6) is 0.135. The molecule has 128 valence electrons. The van der Waals surface area contributed by atoms with Gasteiger partial charge in [0.25, 0.3) is 0 Å². The number of hydrogen-bond donors (Lipinski definition) is 1. The Morgan fingerprint density at radius 3 is 2.45 bits per heavy atom. The van der Waals surface area contributed by atoms with E-state index in [9.17, 15) is 4.79 Å². The van der Waals surface area contributed by atoms with Gasteiger partial charge in [-0.2, -0.15) is 5.10 Å². The molecule has 1 amide bonds. The van der Waals surface area contributed by atoms with Crippen molar-refractivity contribution in [2.75, 3.05) is 13.1 Å². The first-order valence-corrected chi connectivity index (χ1v) is 7.29. The number of carbonyl (C=O) groups is 1. The molecule has 1 aromatic heterocycles. The molecule has 2 rings (SSSR count). The van der Waals surface area contributed by atoms with Crippen LogP contribution in [0.4, 0.5) is 0 Å². The summed E-state index contributed by atoms with van der Waals surface area (Å²) in [6, 6.07) is 1.91. The van der Waals surface area contributed by atoms with E-state index in [0.29, 0.717) is 0 Å². The van der Waals surface area contributed by atoms with Crippen LogP contribution in [-0.2, 0) is 4.79 Å². The van der Waals surface area contributed by atoms with E-state index < -0.39 is 0 Å². The van der Waals surface area contributed by atoms with Crippen LogP contribution in [-0.4, -0.2) is 39.7 Å². The van der Waals surface area contributed by atoms with Crippen LogP contribution < -0.4 is 5.73 Å². The summed E-state index contributed by atoms with van der Waals surface area (Å²) in [5, 5.41) is 4.42. The molecule has 7 heteroatoms. The van der Waals surface area contributed by atoms with Crippen LogP contribution in [0.2, 0.25) is 0 Å². The third-order valence-corrected chi connectivity index (χ3v) is 4.39. The number of rotatable bonds is 2. The minimum Gasteiger partial charge on any atom is -0.340 e. The van der Waals surface area contributed by atoms with E-state index >= 15 is 0 Å². The SMILES string of the molecule is Cc1cc(C)n(C(C)C(=O)N2CCC(N)C(C)(C)C2)n1.Cl.Cl. The molecule has 0 aliphatic carbocycles. The highest BCUT2D eigenvalue weighted by molar-refractivity contribution is 5.85. The van der Waals surface area contributed by atoms with Gasteiger partial charge in [0, 0.05) is 24.8 Å². The molecule has 0 radical (unpaired) electrons.